The van der Waals surface area contributed by atoms with Gasteiger partial charge in [0.1, 0.15) is 0 Å². The Bertz CT molecular complexity index is 473. The van der Waals surface area contributed by atoms with E-state index in [2.05, 4.69) is 43.6 Å². The maximum atomic E-state index is 4.74. The molecule has 20 heavy (non-hydrogen) atoms. The van der Waals surface area contributed by atoms with Crippen LogP contribution in [-0.2, 0) is 6.42 Å². The lowest BCUT2D eigenvalue weighted by atomic mass is 10.0. The van der Waals surface area contributed by atoms with Gasteiger partial charge in [0.2, 0.25) is 0 Å². The second-order valence-electron chi connectivity index (χ2n) is 5.47. The molecule has 2 rings (SSSR count). The van der Waals surface area contributed by atoms with Crippen LogP contribution in [0.3, 0.4) is 0 Å². The van der Waals surface area contributed by atoms with Crippen LogP contribution in [0.25, 0.3) is 10.2 Å². The largest absolute Gasteiger partial charge is 0.317 e. The first-order valence-electron chi connectivity index (χ1n) is 7.85. The zero-order valence-corrected chi connectivity index (χ0v) is 13.5. The monoisotopic (exact) mass is 290 g/mol. The molecule has 0 saturated carbocycles. The Hall–Kier alpha value is -0.930. The standard InChI is InChI=1S/C17H26N2S/c1-3-4-5-6-7-10-14(18-2)13-17-19-15-11-8-9-12-16(15)20-17/h8-9,11-12,14,18H,3-7,10,13H2,1-2H3. The molecule has 1 aromatic heterocycles. The molecule has 2 nitrogen and oxygen atoms in total. The van der Waals surface area contributed by atoms with Crippen LogP contribution in [0.2, 0.25) is 0 Å². The maximum absolute atomic E-state index is 4.74. The lowest BCUT2D eigenvalue weighted by Crippen LogP contribution is -2.27. The van der Waals surface area contributed by atoms with E-state index < -0.39 is 0 Å². The minimum atomic E-state index is 0.567. The number of nitrogens with zero attached hydrogens (tertiary/aromatic N) is 1. The Labute approximate surface area is 126 Å². The SMILES string of the molecule is CCCCCCCC(Cc1nc2ccccc2s1)NC. The first-order chi connectivity index (χ1) is 9.83. The summed E-state index contributed by atoms with van der Waals surface area (Å²) in [6.07, 6.45) is 9.10. The number of benzene rings is 1. The van der Waals surface area contributed by atoms with Crippen LogP contribution < -0.4 is 5.32 Å². The van der Waals surface area contributed by atoms with Gasteiger partial charge in [0.15, 0.2) is 0 Å². The lowest BCUT2D eigenvalue weighted by molar-refractivity contribution is 0.481. The third kappa shape index (κ3) is 4.57. The molecular weight excluding hydrogens is 264 g/mol. The third-order valence-corrected chi connectivity index (χ3v) is 4.88. The van der Waals surface area contributed by atoms with Crippen molar-refractivity contribution < 1.29 is 0 Å². The Kier molecular flexibility index (Phi) is 6.48. The van der Waals surface area contributed by atoms with E-state index in [1.54, 1.807) is 0 Å². The van der Waals surface area contributed by atoms with Gasteiger partial charge in [-0.3, -0.25) is 0 Å². The smallest absolute Gasteiger partial charge is 0.0954 e. The molecule has 0 spiro atoms. The van der Waals surface area contributed by atoms with Gasteiger partial charge in [0.05, 0.1) is 15.2 Å². The van der Waals surface area contributed by atoms with Gasteiger partial charge in [-0.2, -0.15) is 0 Å². The topological polar surface area (TPSA) is 24.9 Å². The average Bonchev–Trinajstić information content (AvgIpc) is 2.88. The molecule has 1 heterocycles. The molecule has 1 N–H and O–H groups in total. The molecule has 1 unspecified atom stereocenters. The fourth-order valence-corrected chi connectivity index (χ4v) is 3.61. The summed E-state index contributed by atoms with van der Waals surface area (Å²) in [5.41, 5.74) is 1.14. The number of aromatic nitrogens is 1. The quantitative estimate of drug-likeness (QED) is 0.672. The molecule has 0 aliphatic heterocycles. The molecule has 0 radical (unpaired) electrons. The van der Waals surface area contributed by atoms with Crippen LogP contribution >= 0.6 is 11.3 Å². The Balaban J connectivity index is 1.82. The molecular formula is C17H26N2S. The van der Waals surface area contributed by atoms with Gasteiger partial charge in [-0.1, -0.05) is 51.2 Å². The molecule has 0 fully saturated rings. The summed E-state index contributed by atoms with van der Waals surface area (Å²) >= 11 is 1.84. The van der Waals surface area contributed by atoms with Crippen LogP contribution in [0.15, 0.2) is 24.3 Å². The summed E-state index contributed by atoms with van der Waals surface area (Å²) in [7, 11) is 2.07. The van der Waals surface area contributed by atoms with Crippen LogP contribution in [0.1, 0.15) is 50.5 Å². The molecule has 3 heteroatoms. The van der Waals surface area contributed by atoms with E-state index in [9.17, 15) is 0 Å². The van der Waals surface area contributed by atoms with E-state index in [-0.39, 0.29) is 0 Å². The molecule has 110 valence electrons. The summed E-state index contributed by atoms with van der Waals surface area (Å²) in [6.45, 7) is 2.27. The number of rotatable bonds is 9. The van der Waals surface area contributed by atoms with E-state index in [0.717, 1.165) is 11.9 Å². The molecule has 0 aliphatic carbocycles. The molecule has 0 amide bonds. The van der Waals surface area contributed by atoms with Crippen molar-refractivity contribution in [2.45, 2.75) is 57.9 Å². The first-order valence-corrected chi connectivity index (χ1v) is 8.67. The summed E-state index contributed by atoms with van der Waals surface area (Å²) in [5.74, 6) is 0. The Morgan fingerprint density at radius 2 is 1.95 bits per heavy atom. The fourth-order valence-electron chi connectivity index (χ4n) is 2.56. The number of hydrogen-bond donors (Lipinski definition) is 1. The number of fused-ring (bicyclic) bond motifs is 1. The van der Waals surface area contributed by atoms with Crippen molar-refractivity contribution in [1.29, 1.82) is 0 Å². The number of nitrogens with one attached hydrogen (secondary N) is 1. The number of hydrogen-bond acceptors (Lipinski definition) is 3. The van der Waals surface area contributed by atoms with Gasteiger partial charge in [-0.05, 0) is 25.6 Å². The maximum Gasteiger partial charge on any atom is 0.0954 e. The van der Waals surface area contributed by atoms with E-state index >= 15 is 0 Å². The zero-order chi connectivity index (χ0) is 14.2. The minimum Gasteiger partial charge on any atom is -0.317 e. The fraction of sp³-hybridized carbons (Fsp3) is 0.588. The summed E-state index contributed by atoms with van der Waals surface area (Å²) in [5, 5.41) is 4.72. The summed E-state index contributed by atoms with van der Waals surface area (Å²) in [4.78, 5) is 4.74. The molecule has 1 aromatic carbocycles. The van der Waals surface area contributed by atoms with Crippen LogP contribution in [-0.4, -0.2) is 18.1 Å². The van der Waals surface area contributed by atoms with Gasteiger partial charge in [0, 0.05) is 12.5 Å². The molecule has 0 bridgehead atoms. The number of thiazole rings is 1. The molecule has 0 saturated heterocycles. The highest BCUT2D eigenvalue weighted by atomic mass is 32.1. The number of para-hydroxylation sites is 1. The highest BCUT2D eigenvalue weighted by molar-refractivity contribution is 7.18. The van der Waals surface area contributed by atoms with Gasteiger partial charge >= 0.3 is 0 Å². The number of likely N-dealkylation sites (N-methyl/N-ethyl adjacent to an activating group) is 1. The minimum absolute atomic E-state index is 0.567. The van der Waals surface area contributed by atoms with Crippen molar-refractivity contribution in [3.63, 3.8) is 0 Å². The van der Waals surface area contributed by atoms with Crippen molar-refractivity contribution >= 4 is 21.6 Å². The van der Waals surface area contributed by atoms with E-state index in [4.69, 9.17) is 4.98 Å². The van der Waals surface area contributed by atoms with Crippen molar-refractivity contribution in [1.82, 2.24) is 10.3 Å². The van der Waals surface area contributed by atoms with Crippen molar-refractivity contribution in [2.24, 2.45) is 0 Å². The highest BCUT2D eigenvalue weighted by Gasteiger charge is 2.10. The summed E-state index contributed by atoms with van der Waals surface area (Å²) < 4.78 is 1.31. The van der Waals surface area contributed by atoms with E-state index in [1.807, 2.05) is 11.3 Å². The van der Waals surface area contributed by atoms with Gasteiger partial charge in [-0.15, -0.1) is 11.3 Å². The van der Waals surface area contributed by atoms with Gasteiger partial charge in [0.25, 0.3) is 0 Å². The predicted molar refractivity (Wildman–Crippen MR) is 89.5 cm³/mol. The molecule has 2 aromatic rings. The van der Waals surface area contributed by atoms with E-state index in [1.165, 1.54) is 48.2 Å². The number of unbranched alkanes of at least 4 members (excludes halogenated alkanes) is 4. The third-order valence-electron chi connectivity index (χ3n) is 3.82. The molecule has 0 aliphatic rings. The normalized spacial score (nSPS) is 12.9. The van der Waals surface area contributed by atoms with Crippen LogP contribution in [0.4, 0.5) is 0 Å². The average molecular weight is 290 g/mol. The van der Waals surface area contributed by atoms with Gasteiger partial charge in [-0.25, -0.2) is 4.98 Å². The zero-order valence-electron chi connectivity index (χ0n) is 12.7. The first kappa shape index (κ1) is 15.5. The Morgan fingerprint density at radius 3 is 2.70 bits per heavy atom. The van der Waals surface area contributed by atoms with Crippen molar-refractivity contribution in [2.75, 3.05) is 7.05 Å². The van der Waals surface area contributed by atoms with Crippen LogP contribution in [0.5, 0.6) is 0 Å². The van der Waals surface area contributed by atoms with Gasteiger partial charge < -0.3 is 5.32 Å². The van der Waals surface area contributed by atoms with E-state index in [0.29, 0.717) is 6.04 Å². The van der Waals surface area contributed by atoms with Crippen LogP contribution in [0, 0.1) is 0 Å². The highest BCUT2D eigenvalue weighted by Crippen LogP contribution is 2.23. The molecule has 1 atom stereocenters. The Morgan fingerprint density at radius 1 is 1.15 bits per heavy atom. The second kappa shape index (κ2) is 8.38. The summed E-state index contributed by atoms with van der Waals surface area (Å²) in [6, 6.07) is 8.99. The lowest BCUT2D eigenvalue weighted by Gasteiger charge is -2.14. The van der Waals surface area contributed by atoms with Crippen molar-refractivity contribution in [3.05, 3.63) is 29.3 Å². The predicted octanol–water partition coefficient (Wildman–Crippen LogP) is 4.79. The second-order valence-corrected chi connectivity index (χ2v) is 6.58. The van der Waals surface area contributed by atoms with Crippen molar-refractivity contribution in [3.8, 4) is 0 Å².